The monoisotopic (exact) mass is 574 g/mol. The van der Waals surface area contributed by atoms with Gasteiger partial charge in [0.1, 0.15) is 0 Å². The summed E-state index contributed by atoms with van der Waals surface area (Å²) in [6.07, 6.45) is 0. The van der Waals surface area contributed by atoms with E-state index in [1.165, 1.54) is 88.0 Å². The van der Waals surface area contributed by atoms with Crippen LogP contribution in [0.5, 0.6) is 0 Å². The van der Waals surface area contributed by atoms with Gasteiger partial charge in [0.05, 0.1) is 27.8 Å². The largest absolute Gasteiger partial charge is 0.309 e. The quantitative estimate of drug-likeness (QED) is 0.194. The predicted octanol–water partition coefficient (Wildman–Crippen LogP) is 11.3. The van der Waals surface area contributed by atoms with Gasteiger partial charge in [-0.25, -0.2) is 0 Å². The molecule has 2 heterocycles. The maximum Gasteiger partial charge on any atom is 0.0641 e. The van der Waals surface area contributed by atoms with Gasteiger partial charge in [0.2, 0.25) is 0 Å². The number of fused-ring (bicyclic) bond motifs is 12. The van der Waals surface area contributed by atoms with Crippen LogP contribution < -0.4 is 0 Å². The van der Waals surface area contributed by atoms with Gasteiger partial charge >= 0.3 is 0 Å². The maximum atomic E-state index is 2.52. The van der Waals surface area contributed by atoms with E-state index in [0.717, 1.165) is 0 Å². The smallest absolute Gasteiger partial charge is 0.0641 e. The molecule has 1 aliphatic rings. The average Bonchev–Trinajstić information content (AvgIpc) is 3.69. The van der Waals surface area contributed by atoms with Crippen LogP contribution in [0.25, 0.3) is 76.9 Å². The Bertz CT molecular complexity index is 2670. The summed E-state index contributed by atoms with van der Waals surface area (Å²) in [4.78, 5) is 0. The Morgan fingerprint density at radius 1 is 0.444 bits per heavy atom. The minimum absolute atomic E-state index is 0.0608. The van der Waals surface area contributed by atoms with Gasteiger partial charge in [-0.15, -0.1) is 0 Å². The van der Waals surface area contributed by atoms with E-state index in [9.17, 15) is 0 Å². The topological polar surface area (TPSA) is 9.86 Å². The van der Waals surface area contributed by atoms with Crippen molar-refractivity contribution < 1.29 is 0 Å². The SMILES string of the molecule is CC1(C)c2ccccc2-c2c(-n3c4ccccc4c4c3ccc3c5ccc6ccccc6c5n(-c5ccccc5)c34)cccc21. The van der Waals surface area contributed by atoms with E-state index in [-0.39, 0.29) is 5.41 Å². The second-order valence-electron chi connectivity index (χ2n) is 12.9. The summed E-state index contributed by atoms with van der Waals surface area (Å²) in [5.41, 5.74) is 12.8. The number of aromatic nitrogens is 2. The predicted molar refractivity (Wildman–Crippen MR) is 190 cm³/mol. The van der Waals surface area contributed by atoms with Crippen LogP contribution in [0.1, 0.15) is 25.0 Å². The number of para-hydroxylation sites is 2. The number of rotatable bonds is 2. The van der Waals surface area contributed by atoms with Crippen molar-refractivity contribution in [3.05, 3.63) is 157 Å². The lowest BCUT2D eigenvalue weighted by Gasteiger charge is -2.21. The van der Waals surface area contributed by atoms with Crippen molar-refractivity contribution in [1.82, 2.24) is 9.13 Å². The van der Waals surface area contributed by atoms with Crippen LogP contribution in [0.2, 0.25) is 0 Å². The van der Waals surface area contributed by atoms with Gasteiger partial charge in [0.25, 0.3) is 0 Å². The van der Waals surface area contributed by atoms with Crippen molar-refractivity contribution in [3.63, 3.8) is 0 Å². The minimum Gasteiger partial charge on any atom is -0.309 e. The first-order valence-corrected chi connectivity index (χ1v) is 15.8. The first kappa shape index (κ1) is 24.8. The van der Waals surface area contributed by atoms with Gasteiger partial charge in [-0.1, -0.05) is 129 Å². The van der Waals surface area contributed by atoms with Crippen LogP contribution in [-0.4, -0.2) is 9.13 Å². The van der Waals surface area contributed by atoms with Crippen molar-refractivity contribution in [2.45, 2.75) is 19.3 Å². The third-order valence-electron chi connectivity index (χ3n) is 10.3. The Labute approximate surface area is 261 Å². The molecule has 0 unspecified atom stereocenters. The van der Waals surface area contributed by atoms with E-state index < -0.39 is 0 Å². The van der Waals surface area contributed by atoms with Crippen LogP contribution in [0.3, 0.4) is 0 Å². The van der Waals surface area contributed by atoms with Crippen LogP contribution in [0, 0.1) is 0 Å². The molecule has 1 aliphatic carbocycles. The van der Waals surface area contributed by atoms with E-state index >= 15 is 0 Å². The van der Waals surface area contributed by atoms with Gasteiger partial charge in [0, 0.05) is 43.6 Å². The summed E-state index contributed by atoms with van der Waals surface area (Å²) in [5, 5.41) is 7.64. The molecular weight excluding hydrogens is 544 g/mol. The summed E-state index contributed by atoms with van der Waals surface area (Å²) in [7, 11) is 0. The second kappa shape index (κ2) is 8.74. The first-order valence-electron chi connectivity index (χ1n) is 15.8. The van der Waals surface area contributed by atoms with Gasteiger partial charge in [-0.05, 0) is 52.4 Å². The number of hydrogen-bond acceptors (Lipinski definition) is 0. The molecule has 0 saturated heterocycles. The van der Waals surface area contributed by atoms with Crippen molar-refractivity contribution in [2.75, 3.05) is 0 Å². The fraction of sp³-hybridized carbons (Fsp3) is 0.0698. The molecule has 0 N–H and O–H groups in total. The summed E-state index contributed by atoms with van der Waals surface area (Å²) in [5.74, 6) is 0. The molecule has 0 spiro atoms. The highest BCUT2D eigenvalue weighted by molar-refractivity contribution is 6.28. The molecule has 9 aromatic rings. The molecule has 7 aromatic carbocycles. The maximum absolute atomic E-state index is 2.52. The molecule has 10 rings (SSSR count). The van der Waals surface area contributed by atoms with E-state index in [1.54, 1.807) is 0 Å². The van der Waals surface area contributed by atoms with Gasteiger partial charge < -0.3 is 9.13 Å². The number of benzene rings is 7. The zero-order valence-corrected chi connectivity index (χ0v) is 25.3. The molecule has 2 heteroatoms. The molecule has 0 bridgehead atoms. The standard InChI is InChI=1S/C43H30N2/c1-43(2)34-19-10-8-17-32(34)39-35(43)20-12-22-37(39)45-36-21-11-9-18-33(36)40-38(45)26-25-31-30-24-23-27-13-6-7-16-29(27)41(30)44(42(31)40)28-14-4-3-5-15-28/h3-26H,1-2H3. The molecule has 0 aliphatic heterocycles. The third kappa shape index (κ3) is 3.13. The fourth-order valence-electron chi connectivity index (χ4n) is 8.33. The normalized spacial score (nSPS) is 13.7. The lowest BCUT2D eigenvalue weighted by molar-refractivity contribution is 0.660. The van der Waals surface area contributed by atoms with Crippen molar-refractivity contribution >= 4 is 54.4 Å². The van der Waals surface area contributed by atoms with Crippen LogP contribution in [0.4, 0.5) is 0 Å². The van der Waals surface area contributed by atoms with E-state index in [0.29, 0.717) is 0 Å². The molecule has 0 radical (unpaired) electrons. The average molecular weight is 575 g/mol. The molecule has 45 heavy (non-hydrogen) atoms. The summed E-state index contributed by atoms with van der Waals surface area (Å²) in [6.45, 7) is 4.72. The molecule has 2 aromatic heterocycles. The first-order chi connectivity index (χ1) is 22.1. The van der Waals surface area contributed by atoms with Crippen molar-refractivity contribution in [2.24, 2.45) is 0 Å². The molecule has 0 saturated carbocycles. The van der Waals surface area contributed by atoms with Crippen molar-refractivity contribution in [3.8, 4) is 22.5 Å². The highest BCUT2D eigenvalue weighted by Crippen LogP contribution is 2.52. The zero-order chi connectivity index (χ0) is 29.9. The lowest BCUT2D eigenvalue weighted by atomic mass is 9.82. The molecule has 2 nitrogen and oxygen atoms in total. The number of nitrogens with zero attached hydrogens (tertiary/aromatic N) is 2. The third-order valence-corrected chi connectivity index (χ3v) is 10.3. The summed E-state index contributed by atoms with van der Waals surface area (Å²) >= 11 is 0. The molecule has 212 valence electrons. The van der Waals surface area contributed by atoms with Crippen molar-refractivity contribution in [1.29, 1.82) is 0 Å². The fourth-order valence-corrected chi connectivity index (χ4v) is 8.33. The number of hydrogen-bond donors (Lipinski definition) is 0. The zero-order valence-electron chi connectivity index (χ0n) is 25.3. The van der Waals surface area contributed by atoms with E-state index in [4.69, 9.17) is 0 Å². The van der Waals surface area contributed by atoms with E-state index in [1.807, 2.05) is 0 Å². The molecule has 0 amide bonds. The van der Waals surface area contributed by atoms with E-state index in [2.05, 4.69) is 169 Å². The lowest BCUT2D eigenvalue weighted by Crippen LogP contribution is -2.14. The Morgan fingerprint density at radius 2 is 1.13 bits per heavy atom. The molecule has 0 atom stereocenters. The Morgan fingerprint density at radius 3 is 2.02 bits per heavy atom. The molecular formula is C43H30N2. The van der Waals surface area contributed by atoms with Gasteiger partial charge in [-0.2, -0.15) is 0 Å². The highest BCUT2D eigenvalue weighted by Gasteiger charge is 2.37. The van der Waals surface area contributed by atoms with Crippen LogP contribution >= 0.6 is 0 Å². The van der Waals surface area contributed by atoms with Crippen LogP contribution in [0.15, 0.2) is 146 Å². The molecule has 0 fully saturated rings. The summed E-state index contributed by atoms with van der Waals surface area (Å²) in [6, 6.07) is 53.7. The Balaban J connectivity index is 1.43. The van der Waals surface area contributed by atoms with Crippen LogP contribution in [-0.2, 0) is 5.41 Å². The highest BCUT2D eigenvalue weighted by atomic mass is 15.0. The van der Waals surface area contributed by atoms with Gasteiger partial charge in [-0.3, -0.25) is 0 Å². The minimum atomic E-state index is -0.0608. The second-order valence-corrected chi connectivity index (χ2v) is 12.9. The Kier molecular flexibility index (Phi) is 4.82. The Hall–Kier alpha value is -5.60. The summed E-state index contributed by atoms with van der Waals surface area (Å²) < 4.78 is 5.03. The van der Waals surface area contributed by atoms with Gasteiger partial charge in [0.15, 0.2) is 0 Å².